The first kappa shape index (κ1) is 21.7. The number of hydrogen-bond acceptors (Lipinski definition) is 2. The predicted octanol–water partition coefficient (Wildman–Crippen LogP) is 5.05. The van der Waals surface area contributed by atoms with Gasteiger partial charge in [-0.15, -0.1) is 0 Å². The second kappa shape index (κ2) is 7.75. The van der Waals surface area contributed by atoms with Crippen LogP contribution in [0.2, 0.25) is 0 Å². The summed E-state index contributed by atoms with van der Waals surface area (Å²) in [7, 11) is 0. The molecule has 0 spiro atoms. The van der Waals surface area contributed by atoms with E-state index in [1.54, 1.807) is 0 Å². The fourth-order valence-electron chi connectivity index (χ4n) is 6.85. The van der Waals surface area contributed by atoms with Gasteiger partial charge in [0.2, 0.25) is 11.8 Å². The lowest BCUT2D eigenvalue weighted by Gasteiger charge is -2.25. The monoisotopic (exact) mass is 443 g/mol. The van der Waals surface area contributed by atoms with Gasteiger partial charge < -0.3 is 16.0 Å². The highest BCUT2D eigenvalue weighted by molar-refractivity contribution is 6.01. The van der Waals surface area contributed by atoms with Gasteiger partial charge in [0, 0.05) is 28.9 Å². The summed E-state index contributed by atoms with van der Waals surface area (Å²) in [5.41, 5.74) is 17.4. The van der Waals surface area contributed by atoms with Gasteiger partial charge in [0.05, 0.1) is 11.1 Å². The summed E-state index contributed by atoms with van der Waals surface area (Å²) in [6, 6.07) is 5.79. The molecule has 2 aromatic rings. The maximum absolute atomic E-state index is 12.9. The molecule has 0 radical (unpaired) electrons. The molecule has 1 aromatic carbocycles. The Labute approximate surface area is 195 Å². The highest BCUT2D eigenvalue weighted by atomic mass is 16.1. The summed E-state index contributed by atoms with van der Waals surface area (Å²) in [6.45, 7) is 8.66. The van der Waals surface area contributed by atoms with Crippen molar-refractivity contribution in [1.29, 1.82) is 0 Å². The number of fused-ring (bicyclic) bond motifs is 4. The van der Waals surface area contributed by atoms with E-state index in [9.17, 15) is 9.59 Å². The number of carbonyl (C=O) groups excluding carboxylic acids is 2. The molecule has 0 saturated heterocycles. The minimum Gasteiger partial charge on any atom is -0.369 e. The molecule has 3 atom stereocenters. The van der Waals surface area contributed by atoms with Crippen molar-refractivity contribution in [3.8, 4) is 0 Å². The maximum Gasteiger partial charge on any atom is 0.248 e. The molecular formula is C28H33N3O2. The van der Waals surface area contributed by atoms with E-state index >= 15 is 0 Å². The van der Waals surface area contributed by atoms with Crippen LogP contribution >= 0.6 is 0 Å². The lowest BCUT2D eigenvalue weighted by Crippen LogP contribution is -2.31. The first-order valence-electron chi connectivity index (χ1n) is 12.1. The highest BCUT2D eigenvalue weighted by Gasteiger charge is 2.69. The average Bonchev–Trinajstić information content (AvgIpc) is 3.32. The molecule has 3 aliphatic rings. The van der Waals surface area contributed by atoms with Crippen LogP contribution in [0.25, 0.3) is 16.5 Å². The molecule has 0 bridgehead atoms. The zero-order valence-electron chi connectivity index (χ0n) is 19.6. The SMILES string of the molecule is C=C/C=C1\C(=C/C)c2c(C3CCCCC3)c3ccc(C(N)=O)cc3n2CC2(C(N)=O)C1[C@@H]2C. The van der Waals surface area contributed by atoms with Gasteiger partial charge in [-0.05, 0) is 60.4 Å². The van der Waals surface area contributed by atoms with Gasteiger partial charge in [0.25, 0.3) is 0 Å². The molecule has 4 N–H and O–H groups in total. The van der Waals surface area contributed by atoms with Gasteiger partial charge in [-0.3, -0.25) is 9.59 Å². The first-order chi connectivity index (χ1) is 15.9. The molecule has 5 heteroatoms. The second-order valence-corrected chi connectivity index (χ2v) is 10.0. The van der Waals surface area contributed by atoms with Crippen molar-refractivity contribution in [2.24, 2.45) is 28.7 Å². The van der Waals surface area contributed by atoms with Crippen molar-refractivity contribution >= 4 is 28.3 Å². The molecule has 2 fully saturated rings. The normalized spacial score (nSPS) is 29.5. The van der Waals surface area contributed by atoms with E-state index < -0.39 is 11.3 Å². The maximum atomic E-state index is 12.9. The van der Waals surface area contributed by atoms with Crippen molar-refractivity contribution < 1.29 is 9.59 Å². The van der Waals surface area contributed by atoms with E-state index in [-0.39, 0.29) is 17.7 Å². The minimum absolute atomic E-state index is 0.0627. The van der Waals surface area contributed by atoms with Crippen LogP contribution in [0.5, 0.6) is 0 Å². The van der Waals surface area contributed by atoms with E-state index in [2.05, 4.69) is 43.2 Å². The average molecular weight is 444 g/mol. The fraction of sp³-hybridized carbons (Fsp3) is 0.429. The summed E-state index contributed by atoms with van der Waals surface area (Å²) in [6.07, 6.45) is 12.1. The molecule has 2 saturated carbocycles. The standard InChI is InChI=1S/C28H33N3O2/c1-4-9-20-19(5-2)25-23(17-10-7-6-8-11-17)21-13-12-18(26(29)32)14-22(21)31(25)15-28(27(30)33)16(3)24(20)28/h4-5,9,12-14,16-17,24H,1,6-8,10-11,15H2,2-3H3,(H2,29,32)(H2,30,33)/b19-5+,20-9+/t16-,24?,28?/m0/s1. The predicted molar refractivity (Wildman–Crippen MR) is 132 cm³/mol. The number of rotatable bonds is 4. The number of benzene rings is 1. The number of carbonyl (C=O) groups is 2. The third-order valence-corrected chi connectivity index (χ3v) is 8.53. The van der Waals surface area contributed by atoms with E-state index in [0.29, 0.717) is 18.0 Å². The Bertz CT molecular complexity index is 1240. The van der Waals surface area contributed by atoms with E-state index in [1.807, 2.05) is 18.2 Å². The number of aromatic nitrogens is 1. The van der Waals surface area contributed by atoms with Gasteiger partial charge in [-0.1, -0.05) is 57.1 Å². The largest absolute Gasteiger partial charge is 0.369 e. The molecule has 1 aliphatic heterocycles. The van der Waals surface area contributed by atoms with Crippen LogP contribution in [0.4, 0.5) is 0 Å². The molecule has 2 amide bonds. The third kappa shape index (κ3) is 2.98. The van der Waals surface area contributed by atoms with E-state index in [4.69, 9.17) is 11.5 Å². The summed E-state index contributed by atoms with van der Waals surface area (Å²) in [4.78, 5) is 25.0. The Morgan fingerprint density at radius 3 is 2.52 bits per heavy atom. The number of nitrogens with two attached hydrogens (primary N) is 2. The van der Waals surface area contributed by atoms with Crippen LogP contribution in [0.15, 0.2) is 48.6 Å². The second-order valence-electron chi connectivity index (χ2n) is 10.0. The Morgan fingerprint density at radius 1 is 1.18 bits per heavy atom. The Morgan fingerprint density at radius 2 is 1.91 bits per heavy atom. The van der Waals surface area contributed by atoms with Gasteiger partial charge in [-0.2, -0.15) is 0 Å². The van der Waals surface area contributed by atoms with Crippen molar-refractivity contribution in [3.63, 3.8) is 0 Å². The first-order valence-corrected chi connectivity index (χ1v) is 12.1. The third-order valence-electron chi connectivity index (χ3n) is 8.53. The van der Waals surface area contributed by atoms with Crippen LogP contribution in [-0.2, 0) is 11.3 Å². The number of hydrogen-bond donors (Lipinski definition) is 2. The van der Waals surface area contributed by atoms with Crippen molar-refractivity contribution in [1.82, 2.24) is 4.57 Å². The number of primary amides is 2. The molecular weight excluding hydrogens is 410 g/mol. The lowest BCUT2D eigenvalue weighted by molar-refractivity contribution is -0.124. The minimum atomic E-state index is -0.646. The van der Waals surface area contributed by atoms with Crippen LogP contribution in [-0.4, -0.2) is 16.4 Å². The summed E-state index contributed by atoms with van der Waals surface area (Å²) in [5, 5.41) is 1.16. The highest BCUT2D eigenvalue weighted by Crippen LogP contribution is 2.67. The fourth-order valence-corrected chi connectivity index (χ4v) is 6.85. The Hall–Kier alpha value is -3.08. The molecule has 33 heavy (non-hydrogen) atoms. The molecule has 5 rings (SSSR count). The quantitative estimate of drug-likeness (QED) is 0.692. The van der Waals surface area contributed by atoms with Crippen LogP contribution in [0.1, 0.15) is 73.5 Å². The number of allylic oxidation sites excluding steroid dienone is 5. The molecule has 2 heterocycles. The van der Waals surface area contributed by atoms with Gasteiger partial charge >= 0.3 is 0 Å². The number of amides is 2. The lowest BCUT2D eigenvalue weighted by atomic mass is 9.80. The molecule has 2 unspecified atom stereocenters. The number of nitrogens with zero attached hydrogens (tertiary/aromatic N) is 1. The Kier molecular flexibility index (Phi) is 5.11. The van der Waals surface area contributed by atoms with Crippen LogP contribution in [0.3, 0.4) is 0 Å². The van der Waals surface area contributed by atoms with E-state index in [1.165, 1.54) is 30.5 Å². The van der Waals surface area contributed by atoms with Gasteiger partial charge in [-0.25, -0.2) is 0 Å². The van der Waals surface area contributed by atoms with Crippen molar-refractivity contribution in [3.05, 3.63) is 65.4 Å². The Balaban J connectivity index is 1.88. The summed E-state index contributed by atoms with van der Waals surface area (Å²) in [5.74, 6) is -0.0495. The van der Waals surface area contributed by atoms with Gasteiger partial charge in [0.1, 0.15) is 0 Å². The molecule has 5 nitrogen and oxygen atoms in total. The van der Waals surface area contributed by atoms with Gasteiger partial charge in [0.15, 0.2) is 0 Å². The van der Waals surface area contributed by atoms with Crippen LogP contribution in [0, 0.1) is 17.3 Å². The zero-order valence-corrected chi connectivity index (χ0v) is 19.6. The van der Waals surface area contributed by atoms with Crippen molar-refractivity contribution in [2.75, 3.05) is 0 Å². The summed E-state index contributed by atoms with van der Waals surface area (Å²) < 4.78 is 2.27. The smallest absolute Gasteiger partial charge is 0.248 e. The van der Waals surface area contributed by atoms with Crippen LogP contribution < -0.4 is 11.5 Å². The van der Waals surface area contributed by atoms with E-state index in [0.717, 1.165) is 34.9 Å². The zero-order chi connectivity index (χ0) is 23.5. The van der Waals surface area contributed by atoms with Crippen molar-refractivity contribution in [2.45, 2.75) is 58.4 Å². The topological polar surface area (TPSA) is 91.1 Å². The molecule has 2 aliphatic carbocycles. The molecule has 172 valence electrons. The summed E-state index contributed by atoms with van der Waals surface area (Å²) >= 11 is 0. The molecule has 1 aromatic heterocycles.